The number of amides is 1. The highest BCUT2D eigenvalue weighted by molar-refractivity contribution is 7.89. The molecule has 226 valence electrons. The number of benzene rings is 2. The van der Waals surface area contributed by atoms with Crippen LogP contribution in [-0.2, 0) is 30.7 Å². The quantitative estimate of drug-likeness (QED) is 0.320. The van der Waals surface area contributed by atoms with Gasteiger partial charge in [0.15, 0.2) is 18.4 Å². The summed E-state index contributed by atoms with van der Waals surface area (Å²) in [5.41, 5.74) is 1.56. The Kier molecular flexibility index (Phi) is 9.59. The van der Waals surface area contributed by atoms with Crippen molar-refractivity contribution in [3.63, 3.8) is 0 Å². The van der Waals surface area contributed by atoms with Gasteiger partial charge in [0.2, 0.25) is 10.0 Å². The highest BCUT2D eigenvalue weighted by Gasteiger charge is 2.44. The molecule has 2 aliphatic heterocycles. The fraction of sp³-hybridized carbons (Fsp3) is 0.467. The second kappa shape index (κ2) is 13.3. The zero-order valence-corrected chi connectivity index (χ0v) is 24.5. The molecule has 2 aromatic carbocycles. The Labute approximate surface area is 245 Å². The van der Waals surface area contributed by atoms with Crippen molar-refractivity contribution in [3.05, 3.63) is 72.8 Å². The Morgan fingerprint density at radius 2 is 1.88 bits per heavy atom. The predicted molar refractivity (Wildman–Crippen MR) is 153 cm³/mol. The number of carbonyl (C=O) groups excluding carboxylic acids is 1. The molecule has 2 fully saturated rings. The number of aromatic nitrogens is 1. The van der Waals surface area contributed by atoms with E-state index in [1.165, 1.54) is 22.8 Å². The second-order valence-electron chi connectivity index (χ2n) is 11.1. The molecule has 2 N–H and O–H groups in total. The minimum absolute atomic E-state index is 0.0186. The van der Waals surface area contributed by atoms with Crippen molar-refractivity contribution in [2.45, 2.75) is 56.1 Å². The normalized spacial score (nSPS) is 21.8. The molecule has 12 heteroatoms. The summed E-state index contributed by atoms with van der Waals surface area (Å²) in [5, 5.41) is 14.3. The number of oxazole rings is 1. The topological polar surface area (TPSA) is 140 Å². The van der Waals surface area contributed by atoms with Crippen LogP contribution in [0.1, 0.15) is 25.8 Å². The maximum Gasteiger partial charge on any atom is 0.407 e. The van der Waals surface area contributed by atoms with Gasteiger partial charge in [-0.1, -0.05) is 44.2 Å². The summed E-state index contributed by atoms with van der Waals surface area (Å²) in [5.74, 6) is 0.473. The van der Waals surface area contributed by atoms with Gasteiger partial charge in [-0.05, 0) is 48.6 Å². The molecule has 0 spiro atoms. The SMILES string of the molecule is CC(C)CN(C[C@@H](O)[C@H](Cc1ccccc1)NC(=O)O[C@H]1CO[C@H]2OCC[C@H]21)S(=O)(=O)c1ccc(-c2cnco2)cc1. The average molecular weight is 600 g/mol. The lowest BCUT2D eigenvalue weighted by Crippen LogP contribution is -2.51. The Hall–Kier alpha value is -3.29. The number of aliphatic hydroxyl groups is 1. The molecule has 5 atom stereocenters. The fourth-order valence-corrected chi connectivity index (χ4v) is 6.96. The van der Waals surface area contributed by atoms with Crippen LogP contribution < -0.4 is 5.32 Å². The van der Waals surface area contributed by atoms with Crippen molar-refractivity contribution in [1.82, 2.24) is 14.6 Å². The third kappa shape index (κ3) is 7.19. The summed E-state index contributed by atoms with van der Waals surface area (Å²) in [6.45, 7) is 4.55. The summed E-state index contributed by atoms with van der Waals surface area (Å²) in [7, 11) is -3.99. The van der Waals surface area contributed by atoms with Crippen LogP contribution in [-0.4, -0.2) is 79.7 Å². The van der Waals surface area contributed by atoms with E-state index in [4.69, 9.17) is 18.6 Å². The Morgan fingerprint density at radius 1 is 1.12 bits per heavy atom. The van der Waals surface area contributed by atoms with E-state index in [0.29, 0.717) is 17.9 Å². The first kappa shape index (κ1) is 30.2. The number of aliphatic hydroxyl groups excluding tert-OH is 1. The zero-order chi connectivity index (χ0) is 29.7. The molecule has 0 saturated carbocycles. The van der Waals surface area contributed by atoms with Gasteiger partial charge >= 0.3 is 6.09 Å². The number of ether oxygens (including phenoxy) is 3. The lowest BCUT2D eigenvalue weighted by Gasteiger charge is -2.31. The number of carbonyl (C=O) groups is 1. The number of rotatable bonds is 12. The van der Waals surface area contributed by atoms with Gasteiger partial charge in [0.25, 0.3) is 0 Å². The molecule has 3 aromatic rings. The van der Waals surface area contributed by atoms with Gasteiger partial charge in [-0.25, -0.2) is 18.2 Å². The standard InChI is InChI=1S/C30H37N3O8S/c1-20(2)16-33(42(36,37)23-10-8-22(9-11-23)27-15-31-19-40-27)17-26(34)25(14-21-6-4-3-5-7-21)32-30(35)41-28-18-39-29-24(28)12-13-38-29/h3-11,15,19-20,24-26,28-29,34H,12-14,16-18H2,1-2H3,(H,32,35)/t24-,25-,26+,28-,29+/m0/s1. The van der Waals surface area contributed by atoms with Crippen molar-refractivity contribution < 1.29 is 36.9 Å². The largest absolute Gasteiger partial charge is 0.444 e. The van der Waals surface area contributed by atoms with Crippen molar-refractivity contribution in [2.24, 2.45) is 11.8 Å². The number of alkyl carbamates (subject to hydrolysis) is 1. The summed E-state index contributed by atoms with van der Waals surface area (Å²) in [6, 6.07) is 14.9. The second-order valence-corrected chi connectivity index (χ2v) is 13.0. The molecule has 42 heavy (non-hydrogen) atoms. The smallest absolute Gasteiger partial charge is 0.407 e. The van der Waals surface area contributed by atoms with Crippen LogP contribution in [0.25, 0.3) is 11.3 Å². The first-order valence-electron chi connectivity index (χ1n) is 14.1. The lowest BCUT2D eigenvalue weighted by atomic mass is 10.0. The van der Waals surface area contributed by atoms with Crippen molar-refractivity contribution in [2.75, 3.05) is 26.3 Å². The molecule has 5 rings (SSSR count). The van der Waals surface area contributed by atoms with E-state index in [-0.39, 0.29) is 49.1 Å². The average Bonchev–Trinajstić information content (AvgIpc) is 3.74. The summed E-state index contributed by atoms with van der Waals surface area (Å²) < 4.78 is 50.9. The number of nitrogens with one attached hydrogen (secondary N) is 1. The fourth-order valence-electron chi connectivity index (χ4n) is 5.33. The van der Waals surface area contributed by atoms with Crippen LogP contribution in [0.2, 0.25) is 0 Å². The van der Waals surface area contributed by atoms with Gasteiger partial charge in [0.1, 0.15) is 6.10 Å². The number of fused-ring (bicyclic) bond motifs is 1. The maximum absolute atomic E-state index is 13.8. The molecule has 0 unspecified atom stereocenters. The van der Waals surface area contributed by atoms with E-state index in [1.807, 2.05) is 44.2 Å². The summed E-state index contributed by atoms with van der Waals surface area (Å²) in [4.78, 5) is 17.0. The molecule has 11 nitrogen and oxygen atoms in total. The molecular weight excluding hydrogens is 562 g/mol. The van der Waals surface area contributed by atoms with Crippen molar-refractivity contribution >= 4 is 16.1 Å². The third-order valence-electron chi connectivity index (χ3n) is 7.48. The zero-order valence-electron chi connectivity index (χ0n) is 23.7. The number of hydrogen-bond donors (Lipinski definition) is 2. The maximum atomic E-state index is 13.8. The van der Waals surface area contributed by atoms with E-state index in [9.17, 15) is 18.3 Å². The van der Waals surface area contributed by atoms with Gasteiger partial charge in [0.05, 0.1) is 42.4 Å². The van der Waals surface area contributed by atoms with Crippen molar-refractivity contribution in [1.29, 1.82) is 0 Å². The van der Waals surface area contributed by atoms with Gasteiger partial charge in [-0.15, -0.1) is 0 Å². The Bertz CT molecular complexity index is 1400. The van der Waals surface area contributed by atoms with Crippen LogP contribution in [0.3, 0.4) is 0 Å². The van der Waals surface area contributed by atoms with Crippen LogP contribution in [0, 0.1) is 11.8 Å². The first-order valence-corrected chi connectivity index (χ1v) is 15.6. The van der Waals surface area contributed by atoms with Crippen LogP contribution in [0.4, 0.5) is 4.79 Å². The van der Waals surface area contributed by atoms with Crippen LogP contribution in [0.15, 0.2) is 76.5 Å². The molecule has 2 aliphatic rings. The van der Waals surface area contributed by atoms with E-state index < -0.39 is 34.4 Å². The number of hydrogen-bond acceptors (Lipinski definition) is 9. The summed E-state index contributed by atoms with van der Waals surface area (Å²) >= 11 is 0. The number of nitrogens with zero attached hydrogens (tertiary/aromatic N) is 2. The molecule has 0 bridgehead atoms. The molecular formula is C30H37N3O8S. The van der Waals surface area contributed by atoms with Gasteiger partial charge in [0, 0.05) is 18.7 Å². The molecule has 0 aliphatic carbocycles. The highest BCUT2D eigenvalue weighted by atomic mass is 32.2. The van der Waals surface area contributed by atoms with E-state index in [1.54, 1.807) is 18.3 Å². The van der Waals surface area contributed by atoms with Gasteiger partial charge < -0.3 is 29.1 Å². The minimum atomic E-state index is -3.99. The molecule has 2 saturated heterocycles. The number of sulfonamides is 1. The predicted octanol–water partition coefficient (Wildman–Crippen LogP) is 3.45. The summed E-state index contributed by atoms with van der Waals surface area (Å²) in [6.07, 6.45) is 1.12. The van der Waals surface area contributed by atoms with E-state index >= 15 is 0 Å². The molecule has 0 radical (unpaired) electrons. The van der Waals surface area contributed by atoms with E-state index in [0.717, 1.165) is 12.0 Å². The Morgan fingerprint density at radius 3 is 2.57 bits per heavy atom. The molecule has 1 aromatic heterocycles. The minimum Gasteiger partial charge on any atom is -0.444 e. The molecule has 1 amide bonds. The van der Waals surface area contributed by atoms with Gasteiger partial charge in [-0.3, -0.25) is 0 Å². The third-order valence-corrected chi connectivity index (χ3v) is 9.32. The van der Waals surface area contributed by atoms with Crippen molar-refractivity contribution in [3.8, 4) is 11.3 Å². The molecule has 3 heterocycles. The van der Waals surface area contributed by atoms with Crippen LogP contribution >= 0.6 is 0 Å². The van der Waals surface area contributed by atoms with E-state index in [2.05, 4.69) is 10.3 Å². The lowest BCUT2D eigenvalue weighted by molar-refractivity contribution is -0.0907. The highest BCUT2D eigenvalue weighted by Crippen LogP contribution is 2.33. The van der Waals surface area contributed by atoms with Crippen LogP contribution in [0.5, 0.6) is 0 Å². The van der Waals surface area contributed by atoms with Gasteiger partial charge in [-0.2, -0.15) is 4.31 Å². The monoisotopic (exact) mass is 599 g/mol. The Balaban J connectivity index is 1.32. The first-order chi connectivity index (χ1) is 20.2.